The number of benzene rings is 2. The summed E-state index contributed by atoms with van der Waals surface area (Å²) in [6, 6.07) is 12.8. The van der Waals surface area contributed by atoms with Crippen molar-refractivity contribution in [3.8, 4) is 5.75 Å². The molecular formula is C23H24N2O4. The van der Waals surface area contributed by atoms with E-state index in [0.29, 0.717) is 35.7 Å². The first-order chi connectivity index (χ1) is 14.0. The van der Waals surface area contributed by atoms with Crippen LogP contribution in [0.25, 0.3) is 11.0 Å². The fourth-order valence-electron chi connectivity index (χ4n) is 3.61. The summed E-state index contributed by atoms with van der Waals surface area (Å²) < 4.78 is 11.6. The molecule has 2 N–H and O–H groups in total. The molecule has 2 heterocycles. The lowest BCUT2D eigenvalue weighted by Gasteiger charge is -2.13. The minimum absolute atomic E-state index is 0.0193. The number of nitrogens with one attached hydrogen (secondary N) is 2. The molecule has 150 valence electrons. The van der Waals surface area contributed by atoms with Crippen molar-refractivity contribution in [1.29, 1.82) is 0 Å². The summed E-state index contributed by atoms with van der Waals surface area (Å²) in [4.78, 5) is 24.5. The van der Waals surface area contributed by atoms with Crippen LogP contribution < -0.4 is 15.4 Å². The number of amides is 2. The van der Waals surface area contributed by atoms with Gasteiger partial charge in [0.2, 0.25) is 5.91 Å². The van der Waals surface area contributed by atoms with Crippen LogP contribution in [0, 0.1) is 0 Å². The standard InChI is InChI=1S/C23H24N2O4/c1-3-28-19-8-4-7-16-13-20(29-22(16)19)14(2)24-23(27)17-10-11-18-15(12-17)6-5-9-21(26)25-18/h4,7-8,10-14H,3,5-6,9H2,1-2H3,(H,24,27)(H,25,26)/t14-/m1/s1. The lowest BCUT2D eigenvalue weighted by atomic mass is 10.0. The summed E-state index contributed by atoms with van der Waals surface area (Å²) in [5.74, 6) is 1.21. The van der Waals surface area contributed by atoms with Crippen LogP contribution in [0.5, 0.6) is 5.75 Å². The van der Waals surface area contributed by atoms with Crippen LogP contribution >= 0.6 is 0 Å². The smallest absolute Gasteiger partial charge is 0.251 e. The molecular weight excluding hydrogens is 368 g/mol. The largest absolute Gasteiger partial charge is 0.490 e. The predicted molar refractivity (Wildman–Crippen MR) is 111 cm³/mol. The van der Waals surface area contributed by atoms with Gasteiger partial charge in [0.05, 0.1) is 12.6 Å². The van der Waals surface area contributed by atoms with E-state index in [-0.39, 0.29) is 17.9 Å². The molecule has 1 aliphatic rings. The van der Waals surface area contributed by atoms with Crippen molar-refractivity contribution in [1.82, 2.24) is 5.32 Å². The van der Waals surface area contributed by atoms with Gasteiger partial charge < -0.3 is 19.8 Å². The van der Waals surface area contributed by atoms with Gasteiger partial charge in [-0.1, -0.05) is 12.1 Å². The first kappa shape index (κ1) is 19.1. The van der Waals surface area contributed by atoms with Crippen molar-refractivity contribution >= 4 is 28.5 Å². The van der Waals surface area contributed by atoms with Crippen molar-refractivity contribution < 1.29 is 18.7 Å². The number of rotatable bonds is 5. The van der Waals surface area contributed by atoms with Gasteiger partial charge in [0, 0.05) is 23.1 Å². The zero-order valence-electron chi connectivity index (χ0n) is 16.6. The van der Waals surface area contributed by atoms with Crippen LogP contribution in [0.1, 0.15) is 54.4 Å². The average Bonchev–Trinajstić information content (AvgIpc) is 3.06. The molecule has 1 aromatic heterocycles. The second-order valence-electron chi connectivity index (χ2n) is 7.23. The number of ether oxygens (including phenoxy) is 1. The maximum Gasteiger partial charge on any atom is 0.251 e. The fraction of sp³-hybridized carbons (Fsp3) is 0.304. The third-order valence-corrected chi connectivity index (χ3v) is 5.09. The number of carbonyl (C=O) groups excluding carboxylic acids is 2. The molecule has 29 heavy (non-hydrogen) atoms. The molecule has 0 saturated carbocycles. The Bertz CT molecular complexity index is 1070. The third-order valence-electron chi connectivity index (χ3n) is 5.09. The maximum atomic E-state index is 12.8. The quantitative estimate of drug-likeness (QED) is 0.665. The van der Waals surface area contributed by atoms with Crippen molar-refractivity contribution in [2.45, 2.75) is 39.2 Å². The molecule has 4 rings (SSSR count). The van der Waals surface area contributed by atoms with Crippen molar-refractivity contribution in [3.63, 3.8) is 0 Å². The Hall–Kier alpha value is -3.28. The minimum Gasteiger partial charge on any atom is -0.490 e. The summed E-state index contributed by atoms with van der Waals surface area (Å²) >= 11 is 0. The SMILES string of the molecule is CCOc1cccc2cc([C@@H](C)NC(=O)c3ccc4c(c3)CCCC(=O)N4)oc12. The van der Waals surface area contributed by atoms with Crippen LogP contribution in [0.4, 0.5) is 5.69 Å². The van der Waals surface area contributed by atoms with E-state index in [0.717, 1.165) is 29.5 Å². The Kier molecular flexibility index (Phi) is 5.25. The molecule has 2 amide bonds. The van der Waals surface area contributed by atoms with Gasteiger partial charge in [0.25, 0.3) is 5.91 Å². The lowest BCUT2D eigenvalue weighted by Crippen LogP contribution is -2.26. The molecule has 0 spiro atoms. The topological polar surface area (TPSA) is 80.6 Å². The maximum absolute atomic E-state index is 12.8. The van der Waals surface area contributed by atoms with E-state index in [1.165, 1.54) is 0 Å². The molecule has 2 aromatic carbocycles. The molecule has 0 aliphatic carbocycles. The van der Waals surface area contributed by atoms with Crippen molar-refractivity contribution in [3.05, 3.63) is 59.4 Å². The van der Waals surface area contributed by atoms with E-state index in [1.54, 1.807) is 12.1 Å². The van der Waals surface area contributed by atoms with Gasteiger partial charge in [-0.3, -0.25) is 9.59 Å². The van der Waals surface area contributed by atoms with Gasteiger partial charge in [-0.2, -0.15) is 0 Å². The monoisotopic (exact) mass is 392 g/mol. The summed E-state index contributed by atoms with van der Waals surface area (Å²) in [5, 5.41) is 6.82. The summed E-state index contributed by atoms with van der Waals surface area (Å²) in [6.45, 7) is 4.37. The summed E-state index contributed by atoms with van der Waals surface area (Å²) in [5.41, 5.74) is 3.03. The number of para-hydroxylation sites is 1. The highest BCUT2D eigenvalue weighted by Crippen LogP contribution is 2.31. The van der Waals surface area contributed by atoms with Crippen LogP contribution in [0.3, 0.4) is 0 Å². The van der Waals surface area contributed by atoms with Crippen molar-refractivity contribution in [2.24, 2.45) is 0 Å². The van der Waals surface area contributed by atoms with Gasteiger partial charge >= 0.3 is 0 Å². The first-order valence-electron chi connectivity index (χ1n) is 9.94. The summed E-state index contributed by atoms with van der Waals surface area (Å²) in [6.07, 6.45) is 2.05. The number of carbonyl (C=O) groups is 2. The van der Waals surface area contributed by atoms with Crippen LogP contribution in [-0.2, 0) is 11.2 Å². The molecule has 0 bridgehead atoms. The van der Waals surface area contributed by atoms with Gasteiger partial charge in [0.1, 0.15) is 5.76 Å². The molecule has 0 saturated heterocycles. The Morgan fingerprint density at radius 2 is 2.10 bits per heavy atom. The first-order valence-corrected chi connectivity index (χ1v) is 9.94. The Morgan fingerprint density at radius 1 is 1.24 bits per heavy atom. The molecule has 3 aromatic rings. The van der Waals surface area contributed by atoms with Gasteiger partial charge in [-0.15, -0.1) is 0 Å². The van der Waals surface area contributed by atoms with Crippen LogP contribution in [0.2, 0.25) is 0 Å². The van der Waals surface area contributed by atoms with Gasteiger partial charge in [-0.05, 0) is 62.6 Å². The minimum atomic E-state index is -0.303. The number of anilines is 1. The number of fused-ring (bicyclic) bond motifs is 2. The normalized spacial score (nSPS) is 14.6. The third kappa shape index (κ3) is 3.97. The van der Waals surface area contributed by atoms with Gasteiger partial charge in [-0.25, -0.2) is 0 Å². The molecule has 0 radical (unpaired) electrons. The van der Waals surface area contributed by atoms with Crippen LogP contribution in [0.15, 0.2) is 46.9 Å². The van der Waals surface area contributed by atoms with E-state index in [1.807, 2.05) is 44.2 Å². The second kappa shape index (κ2) is 7.99. The number of hydrogen-bond acceptors (Lipinski definition) is 4. The predicted octanol–water partition coefficient (Wildman–Crippen LogP) is 4.60. The van der Waals surface area contributed by atoms with Gasteiger partial charge in [0.15, 0.2) is 11.3 Å². The highest BCUT2D eigenvalue weighted by Gasteiger charge is 2.19. The zero-order chi connectivity index (χ0) is 20.4. The zero-order valence-corrected chi connectivity index (χ0v) is 16.6. The van der Waals surface area contributed by atoms with E-state index < -0.39 is 0 Å². The van der Waals surface area contributed by atoms with Crippen molar-refractivity contribution in [2.75, 3.05) is 11.9 Å². The molecule has 0 fully saturated rings. The highest BCUT2D eigenvalue weighted by molar-refractivity contribution is 5.97. The van der Waals surface area contributed by atoms with E-state index >= 15 is 0 Å². The molecule has 6 heteroatoms. The fourth-order valence-corrected chi connectivity index (χ4v) is 3.61. The van der Waals surface area contributed by atoms with E-state index in [9.17, 15) is 9.59 Å². The second-order valence-corrected chi connectivity index (χ2v) is 7.23. The Labute approximate surface area is 169 Å². The highest BCUT2D eigenvalue weighted by atomic mass is 16.5. The number of aryl methyl sites for hydroxylation is 1. The van der Waals surface area contributed by atoms with E-state index in [2.05, 4.69) is 10.6 Å². The number of hydrogen-bond donors (Lipinski definition) is 2. The number of furan rings is 1. The Balaban J connectivity index is 1.53. The summed E-state index contributed by atoms with van der Waals surface area (Å²) in [7, 11) is 0. The molecule has 6 nitrogen and oxygen atoms in total. The molecule has 1 aliphatic heterocycles. The molecule has 1 atom stereocenters. The molecule has 0 unspecified atom stereocenters. The van der Waals surface area contributed by atoms with E-state index in [4.69, 9.17) is 9.15 Å². The lowest BCUT2D eigenvalue weighted by molar-refractivity contribution is -0.116. The van der Waals surface area contributed by atoms with Crippen LogP contribution in [-0.4, -0.2) is 18.4 Å². The Morgan fingerprint density at radius 3 is 2.93 bits per heavy atom. The average molecular weight is 392 g/mol.